The van der Waals surface area contributed by atoms with E-state index in [1.807, 2.05) is 35.7 Å². The molecule has 0 aliphatic carbocycles. The number of hydrogen-bond donors (Lipinski definition) is 1. The van der Waals surface area contributed by atoms with Crippen LogP contribution in [0.4, 0.5) is 19.0 Å². The van der Waals surface area contributed by atoms with E-state index in [1.54, 1.807) is 7.11 Å². The van der Waals surface area contributed by atoms with E-state index in [4.69, 9.17) is 4.74 Å². The molecular formula is C20H21F3N4OS. The molecule has 3 aromatic rings. The summed E-state index contributed by atoms with van der Waals surface area (Å²) in [5.74, 6) is 1.20. The normalized spacial score (nSPS) is 17.9. The summed E-state index contributed by atoms with van der Waals surface area (Å²) in [4.78, 5) is 11.5. The number of nitrogens with zero attached hydrogens (tertiary/aromatic N) is 3. The molecule has 1 aromatic carbocycles. The van der Waals surface area contributed by atoms with Gasteiger partial charge in [0.15, 0.2) is 5.82 Å². The average Bonchev–Trinajstić information content (AvgIpc) is 3.28. The fourth-order valence-corrected chi connectivity index (χ4v) is 4.62. The van der Waals surface area contributed by atoms with Crippen LogP contribution in [0.25, 0.3) is 21.3 Å². The molecule has 29 heavy (non-hydrogen) atoms. The summed E-state index contributed by atoms with van der Waals surface area (Å²) in [5, 5.41) is 6.33. The van der Waals surface area contributed by atoms with Crippen molar-refractivity contribution in [2.75, 3.05) is 32.1 Å². The number of methoxy groups -OCH3 is 1. The first-order chi connectivity index (χ1) is 13.9. The van der Waals surface area contributed by atoms with Gasteiger partial charge in [0.1, 0.15) is 17.3 Å². The number of anilines is 1. The van der Waals surface area contributed by atoms with Crippen LogP contribution >= 0.6 is 11.3 Å². The van der Waals surface area contributed by atoms with Crippen LogP contribution in [0.15, 0.2) is 35.7 Å². The number of likely N-dealkylation sites (tertiary alicyclic amines) is 1. The van der Waals surface area contributed by atoms with Gasteiger partial charge in [-0.3, -0.25) is 4.90 Å². The number of aromatic nitrogens is 2. The second kappa shape index (κ2) is 8.25. The molecule has 1 unspecified atom stereocenters. The molecule has 0 spiro atoms. The second-order valence-corrected chi connectivity index (χ2v) is 7.96. The van der Waals surface area contributed by atoms with Crippen molar-refractivity contribution in [3.63, 3.8) is 0 Å². The molecule has 3 heterocycles. The molecule has 1 saturated heterocycles. The maximum Gasteiger partial charge on any atom is 0.401 e. The summed E-state index contributed by atoms with van der Waals surface area (Å²) >= 11 is 1.52. The van der Waals surface area contributed by atoms with Crippen LogP contribution in [0, 0.1) is 0 Å². The quantitative estimate of drug-likeness (QED) is 0.632. The summed E-state index contributed by atoms with van der Waals surface area (Å²) in [6.07, 6.45) is -3.55. The second-order valence-electron chi connectivity index (χ2n) is 7.10. The standard InChI is InChI=1S/C20H21F3N4OS/c1-28-10-16-25-18(24-14-7-8-27(9-14)12-20(21,22)23)17-15(11-29-19(17)26-16)13-5-3-2-4-6-13/h2-6,11,14H,7-10,12H2,1H3,(H,24,25,26). The third kappa shape index (κ3) is 4.68. The highest BCUT2D eigenvalue weighted by Gasteiger charge is 2.34. The predicted molar refractivity (Wildman–Crippen MR) is 108 cm³/mol. The molecule has 1 atom stereocenters. The van der Waals surface area contributed by atoms with Crippen LogP contribution in [0.3, 0.4) is 0 Å². The Morgan fingerprint density at radius 3 is 2.76 bits per heavy atom. The van der Waals surface area contributed by atoms with Crippen molar-refractivity contribution < 1.29 is 17.9 Å². The van der Waals surface area contributed by atoms with Gasteiger partial charge in [0.25, 0.3) is 0 Å². The number of fused-ring (bicyclic) bond motifs is 1. The van der Waals surface area contributed by atoms with Crippen LogP contribution in [0.2, 0.25) is 0 Å². The Morgan fingerprint density at radius 1 is 1.24 bits per heavy atom. The van der Waals surface area contributed by atoms with E-state index in [-0.39, 0.29) is 12.6 Å². The van der Waals surface area contributed by atoms with Crippen LogP contribution in [0.5, 0.6) is 0 Å². The van der Waals surface area contributed by atoms with Crippen LogP contribution in [-0.4, -0.2) is 53.8 Å². The third-order valence-corrected chi connectivity index (χ3v) is 5.73. The number of halogens is 3. The number of benzene rings is 1. The lowest BCUT2D eigenvalue weighted by Gasteiger charge is -2.19. The van der Waals surface area contributed by atoms with Gasteiger partial charge in [0.05, 0.1) is 11.9 Å². The summed E-state index contributed by atoms with van der Waals surface area (Å²) in [6.45, 7) is 0.127. The smallest absolute Gasteiger partial charge is 0.377 e. The van der Waals surface area contributed by atoms with E-state index < -0.39 is 12.7 Å². The minimum atomic E-state index is -4.18. The number of hydrogen-bond acceptors (Lipinski definition) is 6. The van der Waals surface area contributed by atoms with Crippen molar-refractivity contribution in [1.29, 1.82) is 0 Å². The molecule has 1 fully saturated rings. The summed E-state index contributed by atoms with van der Waals surface area (Å²) in [6, 6.07) is 9.84. The Bertz CT molecular complexity index is 977. The van der Waals surface area contributed by atoms with Gasteiger partial charge in [-0.25, -0.2) is 9.97 Å². The third-order valence-electron chi connectivity index (χ3n) is 4.85. The monoisotopic (exact) mass is 422 g/mol. The van der Waals surface area contributed by atoms with Gasteiger partial charge >= 0.3 is 6.18 Å². The zero-order chi connectivity index (χ0) is 20.4. The molecule has 1 aliphatic rings. The highest BCUT2D eigenvalue weighted by Crippen LogP contribution is 2.37. The Labute approximate surface area is 170 Å². The Balaban J connectivity index is 1.66. The van der Waals surface area contributed by atoms with Gasteiger partial charge < -0.3 is 10.1 Å². The zero-order valence-corrected chi connectivity index (χ0v) is 16.7. The minimum absolute atomic E-state index is 0.102. The summed E-state index contributed by atoms with van der Waals surface area (Å²) < 4.78 is 43.3. The molecule has 2 aromatic heterocycles. The van der Waals surface area contributed by atoms with E-state index in [2.05, 4.69) is 15.3 Å². The van der Waals surface area contributed by atoms with E-state index in [9.17, 15) is 13.2 Å². The number of ether oxygens (including phenoxy) is 1. The topological polar surface area (TPSA) is 50.3 Å². The molecule has 1 aliphatic heterocycles. The molecule has 1 N–H and O–H groups in total. The Kier molecular flexibility index (Phi) is 5.71. The van der Waals surface area contributed by atoms with E-state index in [0.717, 1.165) is 21.3 Å². The number of nitrogens with one attached hydrogen (secondary N) is 1. The maximum atomic E-state index is 12.7. The molecule has 0 bridgehead atoms. The molecule has 9 heteroatoms. The molecule has 154 valence electrons. The van der Waals surface area contributed by atoms with Crippen LogP contribution in [0.1, 0.15) is 12.2 Å². The first-order valence-electron chi connectivity index (χ1n) is 9.31. The lowest BCUT2D eigenvalue weighted by atomic mass is 10.1. The van der Waals surface area contributed by atoms with Crippen molar-refractivity contribution in [3.8, 4) is 11.1 Å². The van der Waals surface area contributed by atoms with Gasteiger partial charge in [0, 0.05) is 37.2 Å². The fourth-order valence-electron chi connectivity index (χ4n) is 3.66. The molecular weight excluding hydrogens is 401 g/mol. The zero-order valence-electron chi connectivity index (χ0n) is 15.9. The predicted octanol–water partition coefficient (Wildman–Crippen LogP) is 4.55. The Morgan fingerprint density at radius 2 is 2.03 bits per heavy atom. The summed E-state index contributed by atoms with van der Waals surface area (Å²) in [7, 11) is 1.58. The largest absolute Gasteiger partial charge is 0.401 e. The van der Waals surface area contributed by atoms with Crippen molar-refractivity contribution in [2.24, 2.45) is 0 Å². The number of thiophene rings is 1. The lowest BCUT2D eigenvalue weighted by molar-refractivity contribution is -0.143. The lowest BCUT2D eigenvalue weighted by Crippen LogP contribution is -2.34. The average molecular weight is 422 g/mol. The van der Waals surface area contributed by atoms with Crippen LogP contribution < -0.4 is 5.32 Å². The number of alkyl halides is 3. The van der Waals surface area contributed by atoms with E-state index in [0.29, 0.717) is 31.2 Å². The van der Waals surface area contributed by atoms with Crippen molar-refractivity contribution >= 4 is 27.4 Å². The van der Waals surface area contributed by atoms with Gasteiger partial charge in [-0.05, 0) is 12.0 Å². The first kappa shape index (κ1) is 20.1. The molecule has 5 nitrogen and oxygen atoms in total. The highest BCUT2D eigenvalue weighted by molar-refractivity contribution is 7.17. The SMILES string of the molecule is COCc1nc(NC2CCN(CC(F)(F)F)C2)c2c(-c3ccccc3)csc2n1. The van der Waals surface area contributed by atoms with Gasteiger partial charge in [0.2, 0.25) is 0 Å². The fraction of sp³-hybridized carbons (Fsp3) is 0.400. The first-order valence-corrected chi connectivity index (χ1v) is 10.2. The van der Waals surface area contributed by atoms with Gasteiger partial charge in [-0.2, -0.15) is 13.2 Å². The summed E-state index contributed by atoms with van der Waals surface area (Å²) in [5.41, 5.74) is 2.07. The minimum Gasteiger partial charge on any atom is -0.377 e. The Hall–Kier alpha value is -2.23. The van der Waals surface area contributed by atoms with E-state index in [1.165, 1.54) is 16.2 Å². The molecule has 0 saturated carbocycles. The van der Waals surface area contributed by atoms with Crippen LogP contribution in [-0.2, 0) is 11.3 Å². The van der Waals surface area contributed by atoms with Gasteiger partial charge in [-0.1, -0.05) is 30.3 Å². The molecule has 4 rings (SSSR count). The van der Waals surface area contributed by atoms with E-state index >= 15 is 0 Å². The molecule has 0 radical (unpaired) electrons. The van der Waals surface area contributed by atoms with Crippen molar-refractivity contribution in [3.05, 3.63) is 41.5 Å². The van der Waals surface area contributed by atoms with Gasteiger partial charge in [-0.15, -0.1) is 11.3 Å². The molecule has 0 amide bonds. The highest BCUT2D eigenvalue weighted by atomic mass is 32.1. The van der Waals surface area contributed by atoms with Crippen molar-refractivity contribution in [2.45, 2.75) is 25.2 Å². The van der Waals surface area contributed by atoms with Crippen molar-refractivity contribution in [1.82, 2.24) is 14.9 Å². The maximum absolute atomic E-state index is 12.7. The number of rotatable bonds is 6.